The van der Waals surface area contributed by atoms with Crippen molar-refractivity contribution < 1.29 is 4.79 Å². The fourth-order valence-corrected chi connectivity index (χ4v) is 5.10. The molecule has 1 aliphatic heterocycles. The maximum atomic E-state index is 14.3. The van der Waals surface area contributed by atoms with Crippen LogP contribution in [0, 0.1) is 0 Å². The molecule has 0 bridgehead atoms. The summed E-state index contributed by atoms with van der Waals surface area (Å²) in [6, 6.07) is 34.6. The van der Waals surface area contributed by atoms with Gasteiger partial charge in [0, 0.05) is 23.7 Å². The van der Waals surface area contributed by atoms with Crippen LogP contribution >= 0.6 is 0 Å². The first-order chi connectivity index (χ1) is 17.3. The van der Waals surface area contributed by atoms with Gasteiger partial charge in [0.1, 0.15) is 0 Å². The lowest BCUT2D eigenvalue weighted by Crippen LogP contribution is -2.41. The predicted octanol–water partition coefficient (Wildman–Crippen LogP) is 6.28. The molecular formula is C31H25N3O. The zero-order chi connectivity index (χ0) is 23.6. The molecule has 2 aromatic heterocycles. The van der Waals surface area contributed by atoms with Gasteiger partial charge < -0.3 is 4.90 Å². The third kappa shape index (κ3) is 4.08. The fraction of sp³-hybridized carbons (Fsp3) is 0.129. The molecule has 4 heteroatoms. The second-order valence-corrected chi connectivity index (χ2v) is 8.95. The van der Waals surface area contributed by atoms with E-state index >= 15 is 0 Å². The highest BCUT2D eigenvalue weighted by atomic mass is 16.2. The zero-order valence-corrected chi connectivity index (χ0v) is 19.3. The normalized spacial score (nSPS) is 15.1. The van der Waals surface area contributed by atoms with Gasteiger partial charge in [-0.1, -0.05) is 84.9 Å². The topological polar surface area (TPSA) is 46.1 Å². The average Bonchev–Trinajstić information content (AvgIpc) is 2.93. The molecule has 1 unspecified atom stereocenters. The number of rotatable bonds is 4. The van der Waals surface area contributed by atoms with Gasteiger partial charge in [-0.15, -0.1) is 0 Å². The number of nitrogens with zero attached hydrogens (tertiary/aromatic N) is 3. The first-order valence-electron chi connectivity index (χ1n) is 12.0. The number of aromatic nitrogens is 2. The number of pyridine rings is 2. The minimum atomic E-state index is -0.0325. The van der Waals surface area contributed by atoms with Crippen molar-refractivity contribution in [3.63, 3.8) is 0 Å². The van der Waals surface area contributed by atoms with Crippen molar-refractivity contribution in [2.24, 2.45) is 0 Å². The first-order valence-corrected chi connectivity index (χ1v) is 12.0. The molecule has 170 valence electrons. The van der Waals surface area contributed by atoms with E-state index in [1.54, 1.807) is 6.20 Å². The van der Waals surface area contributed by atoms with E-state index in [4.69, 9.17) is 4.98 Å². The van der Waals surface area contributed by atoms with E-state index in [0.717, 1.165) is 29.5 Å². The van der Waals surface area contributed by atoms with Crippen LogP contribution < -0.4 is 0 Å². The van der Waals surface area contributed by atoms with Gasteiger partial charge in [-0.05, 0) is 47.7 Å². The molecule has 0 N–H and O–H groups in total. The summed E-state index contributed by atoms with van der Waals surface area (Å²) in [6.07, 6.45) is 3.35. The van der Waals surface area contributed by atoms with E-state index in [1.807, 2.05) is 59.5 Å². The molecule has 6 rings (SSSR count). The average molecular weight is 456 g/mol. The molecule has 1 amide bonds. The summed E-state index contributed by atoms with van der Waals surface area (Å²) in [5.41, 5.74) is 6.75. The summed E-state index contributed by atoms with van der Waals surface area (Å²) in [6.45, 7) is 0.679. The van der Waals surface area contributed by atoms with Crippen molar-refractivity contribution in [1.82, 2.24) is 14.9 Å². The Morgan fingerprint density at radius 2 is 1.60 bits per heavy atom. The number of carbonyl (C=O) groups excluding carboxylic acids is 1. The Kier molecular flexibility index (Phi) is 5.55. The molecule has 5 aromatic rings. The number of hydrogen-bond acceptors (Lipinski definition) is 3. The van der Waals surface area contributed by atoms with Gasteiger partial charge in [-0.2, -0.15) is 0 Å². The second kappa shape index (κ2) is 9.15. The molecule has 0 spiro atoms. The molecule has 3 heterocycles. The Bertz CT molecular complexity index is 1500. The summed E-state index contributed by atoms with van der Waals surface area (Å²) in [7, 11) is 0. The van der Waals surface area contributed by atoms with E-state index in [-0.39, 0.29) is 11.9 Å². The largest absolute Gasteiger partial charge is 0.331 e. The third-order valence-corrected chi connectivity index (χ3v) is 6.83. The molecule has 0 aliphatic carbocycles. The summed E-state index contributed by atoms with van der Waals surface area (Å²) >= 11 is 0. The van der Waals surface area contributed by atoms with E-state index in [2.05, 4.69) is 53.5 Å². The van der Waals surface area contributed by atoms with Crippen LogP contribution in [0.3, 0.4) is 0 Å². The molecule has 35 heavy (non-hydrogen) atoms. The Labute approximate surface area is 204 Å². The predicted molar refractivity (Wildman–Crippen MR) is 139 cm³/mol. The highest BCUT2D eigenvalue weighted by Crippen LogP contribution is 2.35. The van der Waals surface area contributed by atoms with E-state index < -0.39 is 0 Å². The quantitative estimate of drug-likeness (QED) is 0.320. The highest BCUT2D eigenvalue weighted by molar-refractivity contribution is 6.06. The minimum Gasteiger partial charge on any atom is -0.331 e. The lowest BCUT2D eigenvalue weighted by molar-refractivity contribution is 0.0662. The summed E-state index contributed by atoms with van der Waals surface area (Å²) in [5.74, 6) is 0.0259. The third-order valence-electron chi connectivity index (χ3n) is 6.83. The first kappa shape index (κ1) is 21.2. The van der Waals surface area contributed by atoms with Gasteiger partial charge in [0.05, 0.1) is 17.3 Å². The zero-order valence-electron chi connectivity index (χ0n) is 19.3. The Morgan fingerprint density at radius 3 is 2.43 bits per heavy atom. The van der Waals surface area contributed by atoms with Crippen molar-refractivity contribution in [3.8, 4) is 11.3 Å². The summed E-state index contributed by atoms with van der Waals surface area (Å²) in [5, 5.41) is 0.787. The smallest absolute Gasteiger partial charge is 0.255 e. The van der Waals surface area contributed by atoms with Crippen molar-refractivity contribution in [2.45, 2.75) is 18.9 Å². The van der Waals surface area contributed by atoms with Crippen LogP contribution in [0.5, 0.6) is 0 Å². The van der Waals surface area contributed by atoms with Gasteiger partial charge in [-0.3, -0.25) is 4.79 Å². The number of fused-ring (bicyclic) bond motifs is 2. The molecule has 3 aromatic carbocycles. The van der Waals surface area contributed by atoms with Crippen LogP contribution in [0.2, 0.25) is 0 Å². The lowest BCUT2D eigenvalue weighted by Gasteiger charge is -2.38. The van der Waals surface area contributed by atoms with Crippen LogP contribution in [-0.4, -0.2) is 27.3 Å². The molecular weight excluding hydrogens is 430 g/mol. The van der Waals surface area contributed by atoms with Gasteiger partial charge >= 0.3 is 0 Å². The Morgan fingerprint density at radius 1 is 0.857 bits per heavy atom. The van der Waals surface area contributed by atoms with Crippen LogP contribution in [0.25, 0.3) is 22.3 Å². The fourth-order valence-electron chi connectivity index (χ4n) is 5.10. The van der Waals surface area contributed by atoms with Crippen molar-refractivity contribution >= 4 is 16.9 Å². The summed E-state index contributed by atoms with van der Waals surface area (Å²) < 4.78 is 0. The van der Waals surface area contributed by atoms with Crippen molar-refractivity contribution in [1.29, 1.82) is 0 Å². The van der Waals surface area contributed by atoms with E-state index in [0.29, 0.717) is 17.8 Å². The van der Waals surface area contributed by atoms with Crippen LogP contribution in [0.15, 0.2) is 109 Å². The van der Waals surface area contributed by atoms with Crippen LogP contribution in [0.1, 0.15) is 33.1 Å². The standard InChI is InChI=1S/C31H25N3O/c35-31(27-21-28(24-13-5-2-6-14-24)33-30-26(27)16-9-18-32-30)34-19-17-23-12-7-8-15-25(23)29(34)20-22-10-3-1-4-11-22/h1-16,18,21,29H,17,19-20H2. The SMILES string of the molecule is O=C(c1cc(-c2ccccc2)nc2ncccc12)N1CCc2ccccc2C1Cc1ccccc1. The van der Waals surface area contributed by atoms with Crippen molar-refractivity contribution in [3.05, 3.63) is 132 Å². The van der Waals surface area contributed by atoms with Gasteiger partial charge in [0.15, 0.2) is 5.65 Å². The monoisotopic (exact) mass is 455 g/mol. The second-order valence-electron chi connectivity index (χ2n) is 8.95. The molecule has 4 nitrogen and oxygen atoms in total. The number of hydrogen-bond donors (Lipinski definition) is 0. The number of amides is 1. The maximum absolute atomic E-state index is 14.3. The minimum absolute atomic E-state index is 0.0259. The Balaban J connectivity index is 1.46. The molecule has 0 saturated heterocycles. The lowest BCUT2D eigenvalue weighted by atomic mass is 9.88. The summed E-state index contributed by atoms with van der Waals surface area (Å²) in [4.78, 5) is 25.6. The van der Waals surface area contributed by atoms with Crippen LogP contribution in [0.4, 0.5) is 0 Å². The van der Waals surface area contributed by atoms with Gasteiger partial charge in [-0.25, -0.2) is 9.97 Å². The molecule has 1 atom stereocenters. The number of carbonyl (C=O) groups is 1. The molecule has 0 fully saturated rings. The Hall–Kier alpha value is -4.31. The van der Waals surface area contributed by atoms with E-state index in [1.165, 1.54) is 16.7 Å². The molecule has 1 aliphatic rings. The molecule has 0 saturated carbocycles. The van der Waals surface area contributed by atoms with Gasteiger partial charge in [0.25, 0.3) is 5.91 Å². The molecule has 0 radical (unpaired) electrons. The van der Waals surface area contributed by atoms with Crippen molar-refractivity contribution in [2.75, 3.05) is 6.54 Å². The highest BCUT2D eigenvalue weighted by Gasteiger charge is 2.32. The van der Waals surface area contributed by atoms with Crippen LogP contribution in [-0.2, 0) is 12.8 Å². The van der Waals surface area contributed by atoms with Gasteiger partial charge in [0.2, 0.25) is 0 Å². The number of benzene rings is 3. The van der Waals surface area contributed by atoms with E-state index in [9.17, 15) is 4.79 Å². The maximum Gasteiger partial charge on any atom is 0.255 e.